The third kappa shape index (κ3) is 3.17. The summed E-state index contributed by atoms with van der Waals surface area (Å²) in [6, 6.07) is 7.66. The molecule has 0 saturated carbocycles. The van der Waals surface area contributed by atoms with Crippen molar-refractivity contribution in [2.45, 2.75) is 26.3 Å². The first-order valence-electron chi connectivity index (χ1n) is 7.19. The number of nitriles is 1. The summed E-state index contributed by atoms with van der Waals surface area (Å²) in [7, 11) is 0. The predicted molar refractivity (Wildman–Crippen MR) is 81.7 cm³/mol. The topological polar surface area (TPSA) is 81.4 Å². The van der Waals surface area contributed by atoms with Crippen molar-refractivity contribution in [1.29, 1.82) is 5.26 Å². The number of nitrogens with zero attached hydrogens (tertiary/aromatic N) is 2. The van der Waals surface area contributed by atoms with Crippen LogP contribution < -0.4 is 0 Å². The molecular formula is C17H18N2O3. The van der Waals surface area contributed by atoms with Crippen LogP contribution in [0.3, 0.4) is 0 Å². The highest BCUT2D eigenvalue weighted by Crippen LogP contribution is 2.29. The molecule has 0 spiro atoms. The number of benzene rings is 1. The second kappa shape index (κ2) is 6.44. The van der Waals surface area contributed by atoms with Crippen LogP contribution in [0.1, 0.15) is 31.4 Å². The smallest absolute Gasteiger partial charge is 0.331 e. The maximum absolute atomic E-state index is 12.1. The molecule has 1 N–H and O–H groups in total. The fourth-order valence-electron chi connectivity index (χ4n) is 2.47. The molecule has 0 aliphatic carbocycles. The van der Waals surface area contributed by atoms with Crippen LogP contribution >= 0.6 is 0 Å². The number of amides is 1. The van der Waals surface area contributed by atoms with E-state index in [2.05, 4.69) is 0 Å². The molecule has 22 heavy (non-hydrogen) atoms. The largest absolute Gasteiger partial charge is 0.479 e. The zero-order valence-corrected chi connectivity index (χ0v) is 12.6. The van der Waals surface area contributed by atoms with Gasteiger partial charge in [-0.05, 0) is 35.6 Å². The quantitative estimate of drug-likeness (QED) is 0.904. The van der Waals surface area contributed by atoms with Crippen molar-refractivity contribution in [2.24, 2.45) is 5.92 Å². The van der Waals surface area contributed by atoms with Gasteiger partial charge in [0.15, 0.2) is 6.04 Å². The van der Waals surface area contributed by atoms with Crippen LogP contribution in [0.5, 0.6) is 0 Å². The molecule has 1 aromatic carbocycles. The van der Waals surface area contributed by atoms with Gasteiger partial charge in [0.05, 0.1) is 11.6 Å². The highest BCUT2D eigenvalue weighted by Gasteiger charge is 2.38. The number of carbonyl (C=O) groups excluding carboxylic acids is 1. The molecule has 1 atom stereocenters. The molecule has 0 aromatic heterocycles. The van der Waals surface area contributed by atoms with Crippen LogP contribution in [0.2, 0.25) is 0 Å². The normalized spacial score (nSPS) is 17.5. The third-order valence-corrected chi connectivity index (χ3v) is 3.70. The Hall–Kier alpha value is -2.61. The molecule has 5 heteroatoms. The molecule has 0 fully saturated rings. The number of carboxylic acids is 1. The molecule has 0 radical (unpaired) electrons. The fraction of sp³-hybridized carbons (Fsp3) is 0.353. The summed E-state index contributed by atoms with van der Waals surface area (Å²) in [4.78, 5) is 25.2. The number of carboxylic acid groups (broad SMARTS) is 1. The van der Waals surface area contributed by atoms with Crippen molar-refractivity contribution in [3.8, 4) is 6.07 Å². The van der Waals surface area contributed by atoms with Crippen molar-refractivity contribution in [3.05, 3.63) is 41.5 Å². The van der Waals surface area contributed by atoms with Crippen LogP contribution in [0.4, 0.5) is 0 Å². The second-order valence-electron chi connectivity index (χ2n) is 5.74. The lowest BCUT2D eigenvalue weighted by molar-refractivity contribution is -0.144. The lowest BCUT2D eigenvalue weighted by Gasteiger charge is -2.24. The number of carbonyl (C=O) groups is 2. The Morgan fingerprint density at radius 3 is 2.50 bits per heavy atom. The van der Waals surface area contributed by atoms with Crippen molar-refractivity contribution in [3.63, 3.8) is 0 Å². The molecule has 1 aliphatic rings. The van der Waals surface area contributed by atoms with Crippen molar-refractivity contribution >= 4 is 17.4 Å². The van der Waals surface area contributed by atoms with Gasteiger partial charge in [-0.2, -0.15) is 5.26 Å². The SMILES string of the molecule is CC(C)CCN1C(=O)C=C(c2ccc(C#N)cc2)C1C(=O)O. The Labute approximate surface area is 129 Å². The molecule has 2 rings (SSSR count). The molecule has 1 unspecified atom stereocenters. The van der Waals surface area contributed by atoms with E-state index in [-0.39, 0.29) is 5.91 Å². The van der Waals surface area contributed by atoms with Gasteiger partial charge in [0.1, 0.15) is 0 Å². The van der Waals surface area contributed by atoms with Gasteiger partial charge in [-0.1, -0.05) is 26.0 Å². The predicted octanol–water partition coefficient (Wildman–Crippen LogP) is 2.28. The standard InChI is InChI=1S/C17H18N2O3/c1-11(2)7-8-19-15(20)9-14(16(19)17(21)22)13-5-3-12(10-18)4-6-13/h3-6,9,11,16H,7-8H2,1-2H3,(H,21,22). The summed E-state index contributed by atoms with van der Waals surface area (Å²) in [5, 5.41) is 18.3. The van der Waals surface area contributed by atoms with Crippen molar-refractivity contribution in [2.75, 3.05) is 6.54 Å². The minimum Gasteiger partial charge on any atom is -0.479 e. The number of aliphatic carboxylic acids is 1. The second-order valence-corrected chi connectivity index (χ2v) is 5.74. The van der Waals surface area contributed by atoms with Gasteiger partial charge >= 0.3 is 5.97 Å². The van der Waals surface area contributed by atoms with E-state index in [4.69, 9.17) is 5.26 Å². The molecule has 0 bridgehead atoms. The maximum Gasteiger partial charge on any atom is 0.331 e. The van der Waals surface area contributed by atoms with Gasteiger partial charge in [-0.15, -0.1) is 0 Å². The first-order valence-corrected chi connectivity index (χ1v) is 7.19. The first kappa shape index (κ1) is 15.8. The van der Waals surface area contributed by atoms with E-state index in [1.165, 1.54) is 11.0 Å². The van der Waals surface area contributed by atoms with Crippen molar-refractivity contribution in [1.82, 2.24) is 4.90 Å². The molecular weight excluding hydrogens is 280 g/mol. The zero-order chi connectivity index (χ0) is 16.3. The van der Waals surface area contributed by atoms with Crippen LogP contribution in [-0.2, 0) is 9.59 Å². The summed E-state index contributed by atoms with van der Waals surface area (Å²) in [6.07, 6.45) is 2.14. The van der Waals surface area contributed by atoms with Gasteiger partial charge in [0.2, 0.25) is 5.91 Å². The Kier molecular flexibility index (Phi) is 4.62. The molecule has 5 nitrogen and oxygen atoms in total. The lowest BCUT2D eigenvalue weighted by Crippen LogP contribution is -2.41. The number of rotatable bonds is 5. The van der Waals surface area contributed by atoms with Gasteiger partial charge in [-0.25, -0.2) is 4.79 Å². The number of hydrogen-bond acceptors (Lipinski definition) is 3. The molecule has 0 saturated heterocycles. The molecule has 1 amide bonds. The van der Waals surface area contributed by atoms with E-state index < -0.39 is 12.0 Å². The molecule has 1 aromatic rings. The van der Waals surface area contributed by atoms with Gasteiger partial charge in [0.25, 0.3) is 0 Å². The maximum atomic E-state index is 12.1. The Morgan fingerprint density at radius 2 is 2.00 bits per heavy atom. The summed E-state index contributed by atoms with van der Waals surface area (Å²) in [5.74, 6) is -0.918. The molecule has 114 valence electrons. The summed E-state index contributed by atoms with van der Waals surface area (Å²) >= 11 is 0. The average Bonchev–Trinajstić information content (AvgIpc) is 2.82. The summed E-state index contributed by atoms with van der Waals surface area (Å²) < 4.78 is 0. The van der Waals surface area contributed by atoms with E-state index in [9.17, 15) is 14.7 Å². The van der Waals surface area contributed by atoms with E-state index in [0.29, 0.717) is 29.2 Å². The van der Waals surface area contributed by atoms with Gasteiger partial charge < -0.3 is 10.0 Å². The first-order chi connectivity index (χ1) is 10.4. The number of hydrogen-bond donors (Lipinski definition) is 1. The van der Waals surface area contributed by atoms with Crippen LogP contribution in [0, 0.1) is 17.2 Å². The zero-order valence-electron chi connectivity index (χ0n) is 12.6. The molecule has 1 aliphatic heterocycles. The Bertz CT molecular complexity index is 653. The van der Waals surface area contributed by atoms with Gasteiger partial charge in [0, 0.05) is 12.6 Å². The molecule has 1 heterocycles. The minimum absolute atomic E-state index is 0.271. The fourth-order valence-corrected chi connectivity index (χ4v) is 2.47. The average molecular weight is 298 g/mol. The highest BCUT2D eigenvalue weighted by molar-refractivity contribution is 6.09. The minimum atomic E-state index is -1.04. The lowest BCUT2D eigenvalue weighted by atomic mass is 9.98. The van der Waals surface area contributed by atoms with E-state index >= 15 is 0 Å². The summed E-state index contributed by atoms with van der Waals surface area (Å²) in [6.45, 7) is 4.49. The monoisotopic (exact) mass is 298 g/mol. The highest BCUT2D eigenvalue weighted by atomic mass is 16.4. The van der Waals surface area contributed by atoms with E-state index in [1.807, 2.05) is 19.9 Å². The summed E-state index contributed by atoms with van der Waals surface area (Å²) in [5.41, 5.74) is 1.63. The van der Waals surface area contributed by atoms with Crippen LogP contribution in [0.15, 0.2) is 30.3 Å². The van der Waals surface area contributed by atoms with E-state index in [0.717, 1.165) is 6.42 Å². The van der Waals surface area contributed by atoms with Crippen molar-refractivity contribution < 1.29 is 14.7 Å². The Balaban J connectivity index is 2.30. The Morgan fingerprint density at radius 1 is 1.36 bits per heavy atom. The van der Waals surface area contributed by atoms with E-state index in [1.54, 1.807) is 24.3 Å². The third-order valence-electron chi connectivity index (χ3n) is 3.70. The van der Waals surface area contributed by atoms with Gasteiger partial charge in [-0.3, -0.25) is 4.79 Å². The van der Waals surface area contributed by atoms with Crippen LogP contribution in [0.25, 0.3) is 5.57 Å². The van der Waals surface area contributed by atoms with Crippen LogP contribution in [-0.4, -0.2) is 34.5 Å².